The number of ether oxygens (including phenoxy) is 1. The quantitative estimate of drug-likeness (QED) is 0.882. The fraction of sp³-hybridized carbons (Fsp3) is 0.400. The second-order valence-electron chi connectivity index (χ2n) is 4.56. The summed E-state index contributed by atoms with van der Waals surface area (Å²) in [5, 5.41) is 4.37. The molecule has 1 aromatic carbocycles. The lowest BCUT2D eigenvalue weighted by Gasteiger charge is -2.18. The van der Waals surface area contributed by atoms with Gasteiger partial charge in [0.05, 0.1) is 18.2 Å². The van der Waals surface area contributed by atoms with Crippen LogP contribution in [0.15, 0.2) is 24.4 Å². The second kappa shape index (κ2) is 6.81. The summed E-state index contributed by atoms with van der Waals surface area (Å²) in [5.41, 5.74) is 0.628. The van der Waals surface area contributed by atoms with E-state index in [4.69, 9.17) is 4.74 Å². The number of hydrogen-bond donors (Lipinski definition) is 1. The lowest BCUT2D eigenvalue weighted by atomic mass is 10.0. The van der Waals surface area contributed by atoms with Gasteiger partial charge in [-0.3, -0.25) is 0 Å². The fourth-order valence-electron chi connectivity index (χ4n) is 2.03. The first-order chi connectivity index (χ1) is 9.65. The molecular weight excluding hydrogens is 275 g/mol. The van der Waals surface area contributed by atoms with E-state index in [1.165, 1.54) is 13.2 Å². The molecule has 0 spiro atoms. The molecule has 0 aliphatic rings. The molecule has 1 aromatic heterocycles. The van der Waals surface area contributed by atoms with Crippen LogP contribution < -0.4 is 10.1 Å². The Morgan fingerprint density at radius 2 is 2.25 bits per heavy atom. The number of nitrogens with zero attached hydrogens (tertiary/aromatic N) is 1. The third kappa shape index (κ3) is 3.35. The summed E-state index contributed by atoms with van der Waals surface area (Å²) < 4.78 is 19.3. The summed E-state index contributed by atoms with van der Waals surface area (Å²) in [7, 11) is 1.54. The Kier molecular flexibility index (Phi) is 5.09. The van der Waals surface area contributed by atoms with Gasteiger partial charge in [0, 0.05) is 22.7 Å². The average molecular weight is 294 g/mol. The molecule has 1 N–H and O–H groups in total. The number of nitrogens with one attached hydrogen (secondary N) is 1. The highest BCUT2D eigenvalue weighted by Crippen LogP contribution is 2.30. The second-order valence-corrected chi connectivity index (χ2v) is 5.82. The molecule has 0 fully saturated rings. The smallest absolute Gasteiger partial charge is 0.132 e. The van der Waals surface area contributed by atoms with Gasteiger partial charge in [-0.05, 0) is 26.0 Å². The third-order valence-corrected chi connectivity index (χ3v) is 4.02. The number of halogens is 1. The SMILES string of the molecule is CCCNC(c1cnc(C)s1)c1ccc(OC)cc1F. The van der Waals surface area contributed by atoms with Crippen LogP contribution in [0.5, 0.6) is 5.75 Å². The molecule has 0 aliphatic carbocycles. The summed E-state index contributed by atoms with van der Waals surface area (Å²) in [4.78, 5) is 5.29. The van der Waals surface area contributed by atoms with Crippen LogP contribution in [0.4, 0.5) is 4.39 Å². The summed E-state index contributed by atoms with van der Waals surface area (Å²) in [6, 6.07) is 4.82. The molecule has 0 saturated heterocycles. The number of rotatable bonds is 6. The van der Waals surface area contributed by atoms with Gasteiger partial charge in [0.1, 0.15) is 11.6 Å². The minimum absolute atomic E-state index is 0.160. The maximum absolute atomic E-state index is 14.3. The van der Waals surface area contributed by atoms with Crippen LogP contribution in [0.25, 0.3) is 0 Å². The van der Waals surface area contributed by atoms with Crippen molar-refractivity contribution in [3.63, 3.8) is 0 Å². The van der Waals surface area contributed by atoms with E-state index < -0.39 is 0 Å². The molecule has 2 aromatic rings. The Morgan fingerprint density at radius 1 is 1.45 bits per heavy atom. The normalized spacial score (nSPS) is 12.4. The van der Waals surface area contributed by atoms with E-state index in [0.717, 1.165) is 22.9 Å². The van der Waals surface area contributed by atoms with E-state index in [-0.39, 0.29) is 11.9 Å². The van der Waals surface area contributed by atoms with Crippen molar-refractivity contribution in [2.75, 3.05) is 13.7 Å². The minimum Gasteiger partial charge on any atom is -0.497 e. The lowest BCUT2D eigenvalue weighted by Crippen LogP contribution is -2.23. The molecule has 0 bridgehead atoms. The zero-order valence-electron chi connectivity index (χ0n) is 11.9. The van der Waals surface area contributed by atoms with Crippen molar-refractivity contribution in [1.82, 2.24) is 10.3 Å². The molecule has 108 valence electrons. The molecule has 1 unspecified atom stereocenters. The Balaban J connectivity index is 2.35. The van der Waals surface area contributed by atoms with Crippen LogP contribution in [-0.2, 0) is 0 Å². The van der Waals surface area contributed by atoms with Crippen molar-refractivity contribution >= 4 is 11.3 Å². The van der Waals surface area contributed by atoms with Crippen molar-refractivity contribution in [1.29, 1.82) is 0 Å². The molecule has 3 nitrogen and oxygen atoms in total. The number of benzene rings is 1. The first kappa shape index (κ1) is 14.9. The zero-order valence-corrected chi connectivity index (χ0v) is 12.8. The summed E-state index contributed by atoms with van der Waals surface area (Å²) in [5.74, 6) is 0.269. The van der Waals surface area contributed by atoms with Crippen molar-refractivity contribution < 1.29 is 9.13 Å². The summed E-state index contributed by atoms with van der Waals surface area (Å²) in [6.07, 6.45) is 2.81. The molecule has 2 rings (SSSR count). The first-order valence-electron chi connectivity index (χ1n) is 6.64. The molecule has 0 radical (unpaired) electrons. The number of thiazole rings is 1. The van der Waals surface area contributed by atoms with Gasteiger partial charge in [0.25, 0.3) is 0 Å². The average Bonchev–Trinajstić information content (AvgIpc) is 2.87. The Morgan fingerprint density at radius 3 is 2.80 bits per heavy atom. The van der Waals surface area contributed by atoms with E-state index in [1.54, 1.807) is 23.5 Å². The molecule has 5 heteroatoms. The van der Waals surface area contributed by atoms with Gasteiger partial charge >= 0.3 is 0 Å². The van der Waals surface area contributed by atoms with Crippen molar-refractivity contribution in [2.45, 2.75) is 26.3 Å². The zero-order chi connectivity index (χ0) is 14.5. The minimum atomic E-state index is -0.260. The predicted octanol–water partition coefficient (Wildman–Crippen LogP) is 3.69. The van der Waals surface area contributed by atoms with Gasteiger partial charge in [-0.15, -0.1) is 11.3 Å². The van der Waals surface area contributed by atoms with Crippen LogP contribution in [0.3, 0.4) is 0 Å². The van der Waals surface area contributed by atoms with Gasteiger partial charge in [-0.1, -0.05) is 13.0 Å². The van der Waals surface area contributed by atoms with Gasteiger partial charge in [-0.2, -0.15) is 0 Å². The summed E-state index contributed by atoms with van der Waals surface area (Å²) >= 11 is 1.59. The van der Waals surface area contributed by atoms with Crippen LogP contribution in [0, 0.1) is 12.7 Å². The van der Waals surface area contributed by atoms with E-state index in [9.17, 15) is 4.39 Å². The summed E-state index contributed by atoms with van der Waals surface area (Å²) in [6.45, 7) is 4.87. The van der Waals surface area contributed by atoms with Gasteiger partial charge in [-0.25, -0.2) is 9.37 Å². The molecule has 0 amide bonds. The van der Waals surface area contributed by atoms with Crippen molar-refractivity contribution in [3.05, 3.63) is 45.7 Å². The van der Waals surface area contributed by atoms with Gasteiger partial charge in [0.2, 0.25) is 0 Å². The van der Waals surface area contributed by atoms with Crippen LogP contribution in [0.1, 0.15) is 34.8 Å². The molecule has 1 atom stereocenters. The van der Waals surface area contributed by atoms with E-state index in [2.05, 4.69) is 17.2 Å². The van der Waals surface area contributed by atoms with Crippen molar-refractivity contribution in [2.24, 2.45) is 0 Å². The highest BCUT2D eigenvalue weighted by atomic mass is 32.1. The highest BCUT2D eigenvalue weighted by Gasteiger charge is 2.19. The highest BCUT2D eigenvalue weighted by molar-refractivity contribution is 7.11. The van der Waals surface area contributed by atoms with Crippen LogP contribution >= 0.6 is 11.3 Å². The molecule has 0 saturated carbocycles. The van der Waals surface area contributed by atoms with Gasteiger partial charge in [0.15, 0.2) is 0 Å². The number of aromatic nitrogens is 1. The van der Waals surface area contributed by atoms with Gasteiger partial charge < -0.3 is 10.1 Å². The number of hydrogen-bond acceptors (Lipinski definition) is 4. The molecular formula is C15H19FN2OS. The largest absolute Gasteiger partial charge is 0.497 e. The topological polar surface area (TPSA) is 34.2 Å². The van der Waals surface area contributed by atoms with E-state index in [1.807, 2.05) is 13.1 Å². The fourth-order valence-corrected chi connectivity index (χ4v) is 2.91. The standard InChI is InChI=1S/C15H19FN2OS/c1-4-7-17-15(14-9-18-10(2)20-14)12-6-5-11(19-3)8-13(12)16/h5-6,8-9,15,17H,4,7H2,1-3H3. The van der Waals surface area contributed by atoms with E-state index >= 15 is 0 Å². The Labute approximate surface area is 122 Å². The number of methoxy groups -OCH3 is 1. The first-order valence-corrected chi connectivity index (χ1v) is 7.46. The lowest BCUT2D eigenvalue weighted by molar-refractivity contribution is 0.410. The maximum Gasteiger partial charge on any atom is 0.132 e. The van der Waals surface area contributed by atoms with E-state index in [0.29, 0.717) is 11.3 Å². The molecule has 0 aliphatic heterocycles. The monoisotopic (exact) mass is 294 g/mol. The van der Waals surface area contributed by atoms with Crippen molar-refractivity contribution in [3.8, 4) is 5.75 Å². The maximum atomic E-state index is 14.3. The van der Waals surface area contributed by atoms with Crippen LogP contribution in [0.2, 0.25) is 0 Å². The third-order valence-electron chi connectivity index (χ3n) is 3.04. The predicted molar refractivity (Wildman–Crippen MR) is 79.9 cm³/mol. The number of aryl methyl sites for hydroxylation is 1. The Hall–Kier alpha value is -1.46. The Bertz CT molecular complexity index is 571. The van der Waals surface area contributed by atoms with Crippen LogP contribution in [-0.4, -0.2) is 18.6 Å². The molecule has 1 heterocycles. The molecule has 20 heavy (non-hydrogen) atoms.